The smallest absolute Gasteiger partial charge is 0.288 e. The molecule has 0 spiro atoms. The monoisotopic (exact) mass is 453 g/mol. The number of halogens is 5. The molecule has 2 unspecified atom stereocenters. The van der Waals surface area contributed by atoms with Crippen molar-refractivity contribution in [2.24, 2.45) is 0 Å². The molecule has 1 N–H and O–H groups in total. The van der Waals surface area contributed by atoms with Crippen LogP contribution >= 0.6 is 23.2 Å². The second kappa shape index (κ2) is 7.56. The van der Waals surface area contributed by atoms with Gasteiger partial charge in [-0.25, -0.2) is 9.67 Å². The minimum Gasteiger partial charge on any atom is -0.288 e. The fourth-order valence-corrected chi connectivity index (χ4v) is 3.99. The summed E-state index contributed by atoms with van der Waals surface area (Å²) in [5, 5.41) is 14.1. The van der Waals surface area contributed by atoms with E-state index in [9.17, 15) is 18.4 Å². The zero-order valence-electron chi connectivity index (χ0n) is 15.0. The molecule has 0 amide bonds. The third kappa shape index (κ3) is 3.63. The van der Waals surface area contributed by atoms with Crippen molar-refractivity contribution in [1.29, 1.82) is 5.26 Å². The van der Waals surface area contributed by atoms with Crippen LogP contribution in [0.1, 0.15) is 23.1 Å². The molecule has 3 aromatic rings. The highest BCUT2D eigenvalue weighted by Gasteiger charge is 2.54. The maximum Gasteiger partial charge on any atom is 0.416 e. The van der Waals surface area contributed by atoms with Crippen LogP contribution in [0.3, 0.4) is 0 Å². The molecule has 1 aliphatic rings. The zero-order valence-corrected chi connectivity index (χ0v) is 16.5. The predicted molar refractivity (Wildman–Crippen MR) is 102 cm³/mol. The molecule has 0 bridgehead atoms. The van der Waals surface area contributed by atoms with E-state index in [1.807, 2.05) is 6.07 Å². The molecule has 6 nitrogen and oxygen atoms in total. The summed E-state index contributed by atoms with van der Waals surface area (Å²) in [4.78, 5) is 8.77. The van der Waals surface area contributed by atoms with Crippen LogP contribution in [-0.4, -0.2) is 27.0 Å². The second-order valence-corrected chi connectivity index (χ2v) is 7.57. The van der Waals surface area contributed by atoms with Crippen LogP contribution in [0.25, 0.3) is 5.69 Å². The van der Waals surface area contributed by atoms with Gasteiger partial charge in [-0.05, 0) is 41.5 Å². The van der Waals surface area contributed by atoms with Crippen LogP contribution < -0.4 is 5.48 Å². The highest BCUT2D eigenvalue weighted by molar-refractivity contribution is 6.34. The first-order chi connectivity index (χ1) is 14.2. The zero-order chi connectivity index (χ0) is 21.5. The Labute approximate surface area is 178 Å². The number of nitrogens with one attached hydrogen (secondary N) is 1. The molecular weight excluding hydrogens is 442 g/mol. The van der Waals surface area contributed by atoms with Gasteiger partial charge in [-0.15, -0.1) is 0 Å². The number of hydroxylamine groups is 1. The van der Waals surface area contributed by atoms with Crippen LogP contribution in [0.15, 0.2) is 49.1 Å². The Morgan fingerprint density at radius 2 is 1.90 bits per heavy atom. The number of rotatable bonds is 3. The summed E-state index contributed by atoms with van der Waals surface area (Å²) in [6.45, 7) is 0. The molecule has 11 heteroatoms. The average Bonchev–Trinajstić information content (AvgIpc) is 3.37. The highest BCUT2D eigenvalue weighted by Crippen LogP contribution is 2.45. The maximum atomic E-state index is 13.4. The summed E-state index contributed by atoms with van der Waals surface area (Å²) in [6.07, 6.45) is -4.39. The van der Waals surface area contributed by atoms with Gasteiger partial charge in [-0.1, -0.05) is 29.3 Å². The third-order valence-electron chi connectivity index (χ3n) is 4.86. The number of hydrogen-bond donors (Lipinski definition) is 1. The molecule has 0 aliphatic carbocycles. The summed E-state index contributed by atoms with van der Waals surface area (Å²) in [5.74, 6) is 0. The molecule has 4 rings (SSSR count). The van der Waals surface area contributed by atoms with E-state index in [2.05, 4.69) is 15.6 Å². The van der Waals surface area contributed by atoms with Crippen molar-refractivity contribution in [3.05, 3.63) is 75.8 Å². The lowest BCUT2D eigenvalue weighted by molar-refractivity contribution is -0.218. The molecule has 2 aromatic carbocycles. The highest BCUT2D eigenvalue weighted by atomic mass is 35.5. The van der Waals surface area contributed by atoms with Gasteiger partial charge in [0, 0.05) is 16.5 Å². The minimum absolute atomic E-state index is 0.197. The quantitative estimate of drug-likeness (QED) is 0.629. The Hall–Kier alpha value is -2.64. The van der Waals surface area contributed by atoms with E-state index < -0.39 is 24.2 Å². The molecule has 1 fully saturated rings. The average molecular weight is 454 g/mol. The second-order valence-electron chi connectivity index (χ2n) is 6.70. The predicted octanol–water partition coefficient (Wildman–Crippen LogP) is 4.55. The van der Waals surface area contributed by atoms with Gasteiger partial charge in [-0.2, -0.15) is 29.0 Å². The third-order valence-corrected chi connectivity index (χ3v) is 5.30. The lowest BCUT2D eigenvalue weighted by atomic mass is 9.79. The normalized spacial score (nSPS) is 21.5. The first kappa shape index (κ1) is 20.6. The molecule has 1 aliphatic heterocycles. The number of benzene rings is 2. The molecule has 30 heavy (non-hydrogen) atoms. The van der Waals surface area contributed by atoms with Crippen molar-refractivity contribution in [2.45, 2.75) is 24.2 Å². The summed E-state index contributed by atoms with van der Waals surface area (Å²) >= 11 is 12.2. The molecule has 1 saturated heterocycles. The SMILES string of the molecule is N#Cc1cc(C2(c3cc(Cl)cc(Cl)c3)CC(C(F)(F)F)ON2)ccc1-n1cncn1. The lowest BCUT2D eigenvalue weighted by Gasteiger charge is -2.30. The summed E-state index contributed by atoms with van der Waals surface area (Å²) < 4.78 is 41.6. The first-order valence-corrected chi connectivity index (χ1v) is 9.34. The first-order valence-electron chi connectivity index (χ1n) is 8.59. The van der Waals surface area contributed by atoms with Crippen molar-refractivity contribution in [1.82, 2.24) is 20.2 Å². The number of aromatic nitrogens is 3. The molecular formula is C19H12Cl2F3N5O. The molecule has 1 aromatic heterocycles. The Balaban J connectivity index is 1.88. The topological polar surface area (TPSA) is 75.8 Å². The van der Waals surface area contributed by atoms with E-state index in [0.717, 1.165) is 0 Å². The van der Waals surface area contributed by atoms with E-state index in [0.29, 0.717) is 16.8 Å². The number of alkyl halides is 3. The van der Waals surface area contributed by atoms with Gasteiger partial charge < -0.3 is 0 Å². The van der Waals surface area contributed by atoms with E-state index >= 15 is 0 Å². The summed E-state index contributed by atoms with van der Waals surface area (Å²) in [5.41, 5.74) is 2.50. The Bertz CT molecular complexity index is 1110. The Kier molecular flexibility index (Phi) is 5.20. The largest absolute Gasteiger partial charge is 0.416 e. The van der Waals surface area contributed by atoms with Gasteiger partial charge in [-0.3, -0.25) is 4.84 Å². The fraction of sp³-hybridized carbons (Fsp3) is 0.211. The molecule has 154 valence electrons. The van der Waals surface area contributed by atoms with Gasteiger partial charge in [0.2, 0.25) is 0 Å². The molecule has 0 radical (unpaired) electrons. The number of hydrogen-bond acceptors (Lipinski definition) is 5. The number of nitriles is 1. The van der Waals surface area contributed by atoms with Crippen molar-refractivity contribution in [3.63, 3.8) is 0 Å². The van der Waals surface area contributed by atoms with Gasteiger partial charge in [0.1, 0.15) is 18.7 Å². The molecule has 2 atom stereocenters. The van der Waals surface area contributed by atoms with Crippen LogP contribution in [-0.2, 0) is 10.4 Å². The van der Waals surface area contributed by atoms with Crippen molar-refractivity contribution in [3.8, 4) is 11.8 Å². The molecule has 0 saturated carbocycles. The van der Waals surface area contributed by atoms with Crippen molar-refractivity contribution < 1.29 is 18.0 Å². The fourth-order valence-electron chi connectivity index (χ4n) is 3.46. The minimum atomic E-state index is -4.59. The van der Waals surface area contributed by atoms with E-state index in [1.54, 1.807) is 12.1 Å². The van der Waals surface area contributed by atoms with Crippen LogP contribution in [0, 0.1) is 11.3 Å². The van der Waals surface area contributed by atoms with Crippen LogP contribution in [0.4, 0.5) is 13.2 Å². The lowest BCUT2D eigenvalue weighted by Crippen LogP contribution is -2.37. The Morgan fingerprint density at radius 1 is 1.17 bits per heavy atom. The van der Waals surface area contributed by atoms with E-state index in [-0.39, 0.29) is 15.6 Å². The number of nitrogens with zero attached hydrogens (tertiary/aromatic N) is 4. The van der Waals surface area contributed by atoms with Crippen molar-refractivity contribution >= 4 is 23.2 Å². The molecule has 2 heterocycles. The standard InChI is InChI=1S/C19H12Cl2F3N5O/c20-14-4-13(5-15(21)6-14)18(7-17(30-28-18)19(22,23)24)12-1-2-16(11(3-12)8-25)29-10-26-9-27-29/h1-6,9-10,17,28H,7H2. The van der Waals surface area contributed by atoms with E-state index in [1.165, 1.54) is 41.6 Å². The maximum absolute atomic E-state index is 13.4. The van der Waals surface area contributed by atoms with Gasteiger partial charge in [0.15, 0.2) is 6.10 Å². The van der Waals surface area contributed by atoms with E-state index in [4.69, 9.17) is 28.0 Å². The van der Waals surface area contributed by atoms with Gasteiger partial charge in [0.05, 0.1) is 16.8 Å². The van der Waals surface area contributed by atoms with Crippen LogP contribution in [0.5, 0.6) is 0 Å². The van der Waals surface area contributed by atoms with Gasteiger partial charge >= 0.3 is 6.18 Å². The van der Waals surface area contributed by atoms with Gasteiger partial charge in [0.25, 0.3) is 0 Å². The summed E-state index contributed by atoms with van der Waals surface area (Å²) in [6, 6.07) is 11.2. The Morgan fingerprint density at radius 3 is 2.47 bits per heavy atom. The summed E-state index contributed by atoms with van der Waals surface area (Å²) in [7, 11) is 0. The van der Waals surface area contributed by atoms with Crippen molar-refractivity contribution in [2.75, 3.05) is 0 Å². The van der Waals surface area contributed by atoms with Crippen LogP contribution in [0.2, 0.25) is 10.0 Å².